The van der Waals surface area contributed by atoms with Crippen LogP contribution in [0.1, 0.15) is 24.2 Å². The van der Waals surface area contributed by atoms with Crippen LogP contribution in [-0.4, -0.2) is 33.0 Å². The van der Waals surface area contributed by atoms with E-state index in [2.05, 4.69) is 25.3 Å². The molecule has 0 bridgehead atoms. The first-order valence-corrected chi connectivity index (χ1v) is 6.85. The van der Waals surface area contributed by atoms with Crippen LogP contribution in [0.3, 0.4) is 0 Å². The van der Waals surface area contributed by atoms with Gasteiger partial charge in [-0.1, -0.05) is 0 Å². The number of aromatic amines is 1. The van der Waals surface area contributed by atoms with Crippen LogP contribution in [-0.2, 0) is 6.42 Å². The molecule has 19 heavy (non-hydrogen) atoms. The average Bonchev–Trinajstić information content (AvgIpc) is 2.87. The molecule has 3 rings (SSSR count). The van der Waals surface area contributed by atoms with Crippen molar-refractivity contribution in [3.63, 3.8) is 0 Å². The van der Waals surface area contributed by atoms with E-state index in [0.717, 1.165) is 42.4 Å². The summed E-state index contributed by atoms with van der Waals surface area (Å²) in [7, 11) is 0. The average molecular weight is 257 g/mol. The Hall–Kier alpha value is -1.75. The number of piperidine rings is 1. The first kappa shape index (κ1) is 12.3. The molecule has 0 amide bonds. The summed E-state index contributed by atoms with van der Waals surface area (Å²) in [6, 6.07) is 0. The number of aryl methyl sites for hydroxylation is 1. The van der Waals surface area contributed by atoms with Gasteiger partial charge in [-0.3, -0.25) is 4.98 Å². The molecule has 100 valence electrons. The van der Waals surface area contributed by atoms with Gasteiger partial charge in [0, 0.05) is 18.1 Å². The first-order chi connectivity index (χ1) is 9.31. The predicted octanol–water partition coefficient (Wildman–Crippen LogP) is 1.72. The van der Waals surface area contributed by atoms with Crippen molar-refractivity contribution in [3.05, 3.63) is 30.0 Å². The van der Waals surface area contributed by atoms with E-state index in [9.17, 15) is 0 Å². The Labute approximate surface area is 112 Å². The van der Waals surface area contributed by atoms with Crippen LogP contribution in [0.15, 0.2) is 18.6 Å². The lowest BCUT2D eigenvalue weighted by Crippen LogP contribution is -2.31. The number of aromatic nitrogens is 4. The van der Waals surface area contributed by atoms with Crippen molar-refractivity contribution in [1.82, 2.24) is 25.3 Å². The molecule has 0 spiro atoms. The van der Waals surface area contributed by atoms with E-state index < -0.39 is 0 Å². The molecule has 5 nitrogen and oxygen atoms in total. The Morgan fingerprint density at radius 2 is 2.16 bits per heavy atom. The molecule has 1 aliphatic heterocycles. The highest BCUT2D eigenvalue weighted by molar-refractivity contribution is 5.47. The topological polar surface area (TPSA) is 66.5 Å². The molecular weight excluding hydrogens is 238 g/mol. The minimum atomic E-state index is 0.694. The van der Waals surface area contributed by atoms with Crippen LogP contribution in [0.25, 0.3) is 11.5 Å². The quantitative estimate of drug-likeness (QED) is 0.878. The minimum Gasteiger partial charge on any atom is -0.341 e. The van der Waals surface area contributed by atoms with E-state index in [0.29, 0.717) is 5.92 Å². The van der Waals surface area contributed by atoms with Crippen molar-refractivity contribution in [2.75, 3.05) is 13.1 Å². The highest BCUT2D eigenvalue weighted by Gasteiger charge is 2.14. The fraction of sp³-hybridized carbons (Fsp3) is 0.500. The summed E-state index contributed by atoms with van der Waals surface area (Å²) in [5.41, 5.74) is 2.91. The van der Waals surface area contributed by atoms with E-state index in [1.165, 1.54) is 12.8 Å². The third-order valence-electron chi connectivity index (χ3n) is 3.55. The number of nitrogens with one attached hydrogen (secondary N) is 2. The van der Waals surface area contributed by atoms with Gasteiger partial charge in [-0.15, -0.1) is 0 Å². The molecule has 0 radical (unpaired) electrons. The van der Waals surface area contributed by atoms with E-state index in [1.54, 1.807) is 6.20 Å². The molecule has 2 aromatic heterocycles. The second-order valence-corrected chi connectivity index (χ2v) is 5.22. The van der Waals surface area contributed by atoms with Gasteiger partial charge in [-0.05, 0) is 45.2 Å². The monoisotopic (exact) mass is 257 g/mol. The molecule has 2 N–H and O–H groups in total. The molecule has 1 saturated heterocycles. The number of rotatable bonds is 3. The van der Waals surface area contributed by atoms with Crippen LogP contribution in [0, 0.1) is 12.8 Å². The van der Waals surface area contributed by atoms with Crippen molar-refractivity contribution in [3.8, 4) is 11.5 Å². The highest BCUT2D eigenvalue weighted by Crippen LogP contribution is 2.16. The summed E-state index contributed by atoms with van der Waals surface area (Å²) < 4.78 is 0. The molecule has 1 aliphatic rings. The van der Waals surface area contributed by atoms with Gasteiger partial charge in [0.2, 0.25) is 0 Å². The summed E-state index contributed by atoms with van der Waals surface area (Å²) in [6.45, 7) is 4.23. The van der Waals surface area contributed by atoms with E-state index >= 15 is 0 Å². The molecular formula is C14H19N5. The third kappa shape index (κ3) is 2.98. The van der Waals surface area contributed by atoms with Crippen molar-refractivity contribution in [2.45, 2.75) is 26.2 Å². The van der Waals surface area contributed by atoms with Gasteiger partial charge in [-0.25, -0.2) is 9.97 Å². The van der Waals surface area contributed by atoms with Gasteiger partial charge in [0.05, 0.1) is 11.9 Å². The second kappa shape index (κ2) is 5.48. The van der Waals surface area contributed by atoms with Crippen molar-refractivity contribution in [1.29, 1.82) is 0 Å². The molecule has 1 fully saturated rings. The molecule has 2 aromatic rings. The zero-order valence-electron chi connectivity index (χ0n) is 11.2. The summed E-state index contributed by atoms with van der Waals surface area (Å²) in [5, 5.41) is 3.43. The lowest BCUT2D eigenvalue weighted by molar-refractivity contribution is 0.373. The molecule has 0 aliphatic carbocycles. The van der Waals surface area contributed by atoms with Crippen LogP contribution in [0.5, 0.6) is 0 Å². The SMILES string of the molecule is Cc1cnc(-c2cnc(CC3CCCNC3)cn2)[nH]1. The summed E-state index contributed by atoms with van der Waals surface area (Å²) in [4.78, 5) is 16.4. The predicted molar refractivity (Wildman–Crippen MR) is 73.6 cm³/mol. The van der Waals surface area contributed by atoms with Crippen LogP contribution in [0.4, 0.5) is 0 Å². The van der Waals surface area contributed by atoms with Gasteiger partial charge in [0.15, 0.2) is 5.82 Å². The van der Waals surface area contributed by atoms with Crippen LogP contribution < -0.4 is 5.32 Å². The zero-order valence-corrected chi connectivity index (χ0v) is 11.2. The Bertz CT molecular complexity index is 525. The van der Waals surface area contributed by atoms with Gasteiger partial charge < -0.3 is 10.3 Å². The fourth-order valence-corrected chi connectivity index (χ4v) is 2.52. The number of hydrogen-bond donors (Lipinski definition) is 2. The zero-order chi connectivity index (χ0) is 13.1. The molecule has 0 saturated carbocycles. The summed E-state index contributed by atoms with van der Waals surface area (Å²) in [6.07, 6.45) is 9.05. The maximum absolute atomic E-state index is 4.51. The van der Waals surface area contributed by atoms with Crippen LogP contribution in [0.2, 0.25) is 0 Å². The lowest BCUT2D eigenvalue weighted by Gasteiger charge is -2.22. The van der Waals surface area contributed by atoms with Gasteiger partial charge in [-0.2, -0.15) is 0 Å². The van der Waals surface area contributed by atoms with E-state index in [4.69, 9.17) is 0 Å². The maximum atomic E-state index is 4.51. The highest BCUT2D eigenvalue weighted by atomic mass is 15.0. The summed E-state index contributed by atoms with van der Waals surface area (Å²) in [5.74, 6) is 1.48. The van der Waals surface area contributed by atoms with E-state index in [-0.39, 0.29) is 0 Å². The van der Waals surface area contributed by atoms with Crippen molar-refractivity contribution in [2.24, 2.45) is 5.92 Å². The second-order valence-electron chi connectivity index (χ2n) is 5.22. The standard InChI is InChI=1S/C14H19N5/c1-10-6-18-14(19-10)13-9-16-12(8-17-13)5-11-3-2-4-15-7-11/h6,8-9,11,15H,2-5,7H2,1H3,(H,18,19). The smallest absolute Gasteiger partial charge is 0.157 e. The molecule has 1 atom stereocenters. The Morgan fingerprint density at radius 1 is 1.21 bits per heavy atom. The lowest BCUT2D eigenvalue weighted by atomic mass is 9.95. The number of hydrogen-bond acceptors (Lipinski definition) is 4. The Balaban J connectivity index is 1.68. The number of H-pyrrole nitrogens is 1. The van der Waals surface area contributed by atoms with Gasteiger partial charge in [0.25, 0.3) is 0 Å². The molecule has 5 heteroatoms. The number of imidazole rings is 1. The first-order valence-electron chi connectivity index (χ1n) is 6.85. The minimum absolute atomic E-state index is 0.694. The maximum Gasteiger partial charge on any atom is 0.157 e. The normalized spacial score (nSPS) is 19.5. The Morgan fingerprint density at radius 3 is 2.79 bits per heavy atom. The van der Waals surface area contributed by atoms with Crippen molar-refractivity contribution >= 4 is 0 Å². The van der Waals surface area contributed by atoms with Crippen molar-refractivity contribution < 1.29 is 0 Å². The number of nitrogens with zero attached hydrogens (tertiary/aromatic N) is 3. The van der Waals surface area contributed by atoms with Crippen LogP contribution >= 0.6 is 0 Å². The third-order valence-corrected chi connectivity index (χ3v) is 3.55. The summed E-state index contributed by atoms with van der Waals surface area (Å²) >= 11 is 0. The van der Waals surface area contributed by atoms with Gasteiger partial charge in [0.1, 0.15) is 5.69 Å². The molecule has 0 aromatic carbocycles. The fourth-order valence-electron chi connectivity index (χ4n) is 2.52. The largest absolute Gasteiger partial charge is 0.341 e. The molecule has 3 heterocycles. The molecule has 1 unspecified atom stereocenters. The van der Waals surface area contributed by atoms with E-state index in [1.807, 2.05) is 19.3 Å². The Kier molecular flexibility index (Phi) is 3.55. The van der Waals surface area contributed by atoms with Gasteiger partial charge >= 0.3 is 0 Å².